The highest BCUT2D eigenvalue weighted by Crippen LogP contribution is 2.30. The number of amides is 1. The van der Waals surface area contributed by atoms with Gasteiger partial charge >= 0.3 is 0 Å². The number of halogens is 3. The predicted octanol–water partition coefficient (Wildman–Crippen LogP) is 4.94. The second-order valence-electron chi connectivity index (χ2n) is 6.54. The van der Waals surface area contributed by atoms with Gasteiger partial charge in [-0.1, -0.05) is 25.1 Å². The zero-order valence-corrected chi connectivity index (χ0v) is 20.4. The number of carbonyl (C=O) groups is 1. The summed E-state index contributed by atoms with van der Waals surface area (Å²) < 4.78 is 43.8. The molecule has 2 aromatic rings. The van der Waals surface area contributed by atoms with Crippen LogP contribution in [-0.4, -0.2) is 49.1 Å². The third-order valence-corrected chi connectivity index (χ3v) is 4.77. The molecule has 34 heavy (non-hydrogen) atoms. The summed E-state index contributed by atoms with van der Waals surface area (Å²) in [5, 5.41) is 14.8. The Hall–Kier alpha value is -2.76. The Labute approximate surface area is 201 Å². The first-order valence-electron chi connectivity index (χ1n) is 10.6. The van der Waals surface area contributed by atoms with Gasteiger partial charge in [-0.2, -0.15) is 11.8 Å². The van der Waals surface area contributed by atoms with Crippen molar-refractivity contribution in [3.05, 3.63) is 58.4 Å². The summed E-state index contributed by atoms with van der Waals surface area (Å²) in [4.78, 5) is 22.3. The topological polar surface area (TPSA) is 92.2 Å². The van der Waals surface area contributed by atoms with Crippen molar-refractivity contribution in [3.8, 4) is 0 Å². The number of oxime groups is 1. The maximum absolute atomic E-state index is 14.9. The van der Waals surface area contributed by atoms with E-state index in [0.717, 1.165) is 24.5 Å². The number of thioether (sulfide) groups is 1. The molecular formula is C23H30F3N3O4S. The van der Waals surface area contributed by atoms with E-state index in [2.05, 4.69) is 10.5 Å². The summed E-state index contributed by atoms with van der Waals surface area (Å²) in [6, 6.07) is 5.14. The van der Waals surface area contributed by atoms with Gasteiger partial charge in [0.1, 0.15) is 12.4 Å². The van der Waals surface area contributed by atoms with Gasteiger partial charge in [0, 0.05) is 5.56 Å². The molecule has 1 amide bonds. The first-order chi connectivity index (χ1) is 16.4. The fourth-order valence-electron chi connectivity index (χ4n) is 2.53. The molecule has 0 aromatic heterocycles. The average molecular weight is 502 g/mol. The van der Waals surface area contributed by atoms with Crippen LogP contribution in [0, 0.1) is 24.4 Å². The Morgan fingerprint density at radius 3 is 2.56 bits per heavy atom. The van der Waals surface area contributed by atoms with Gasteiger partial charge in [-0.3, -0.25) is 9.63 Å². The number of carbonyl (C=O) groups excluding carboxylic acids is 1. The molecule has 0 fully saturated rings. The number of hydroxylamine groups is 1. The van der Waals surface area contributed by atoms with Crippen LogP contribution in [0.4, 0.5) is 24.5 Å². The van der Waals surface area contributed by atoms with Crippen molar-refractivity contribution in [3.63, 3.8) is 0 Å². The van der Waals surface area contributed by atoms with Crippen LogP contribution < -0.4 is 10.8 Å². The Balaban J connectivity index is 0.00000281. The molecule has 2 rings (SSSR count). The fraction of sp³-hybridized carbons (Fsp3) is 0.391. The van der Waals surface area contributed by atoms with E-state index in [1.54, 1.807) is 24.8 Å². The molecule has 0 spiro atoms. The summed E-state index contributed by atoms with van der Waals surface area (Å²) in [6.45, 7) is 5.37. The second-order valence-corrected chi connectivity index (χ2v) is 7.53. The zero-order chi connectivity index (χ0) is 25.5. The highest BCUT2D eigenvalue weighted by Gasteiger charge is 2.23. The minimum Gasteiger partial charge on any atom is -0.396 e. The number of aliphatic hydroxyl groups is 1. The van der Waals surface area contributed by atoms with Crippen LogP contribution in [0.15, 0.2) is 29.4 Å². The normalized spacial score (nSPS) is 10.6. The van der Waals surface area contributed by atoms with E-state index in [1.807, 2.05) is 25.6 Å². The predicted molar refractivity (Wildman–Crippen MR) is 129 cm³/mol. The molecule has 0 saturated carbocycles. The van der Waals surface area contributed by atoms with Crippen LogP contribution in [0.3, 0.4) is 0 Å². The maximum atomic E-state index is 14.9. The van der Waals surface area contributed by atoms with Crippen LogP contribution >= 0.6 is 11.8 Å². The molecule has 0 aliphatic heterocycles. The van der Waals surface area contributed by atoms with Crippen LogP contribution in [0.5, 0.6) is 0 Å². The number of nitrogens with one attached hydrogen (secondary N) is 2. The van der Waals surface area contributed by atoms with E-state index in [0.29, 0.717) is 5.56 Å². The summed E-state index contributed by atoms with van der Waals surface area (Å²) in [5.41, 5.74) is 1.17. The van der Waals surface area contributed by atoms with E-state index in [4.69, 9.17) is 14.8 Å². The molecule has 11 heteroatoms. The number of aliphatic hydroxyl groups excluding tert-OH is 1. The number of hydrogen-bond acceptors (Lipinski definition) is 7. The largest absolute Gasteiger partial charge is 0.396 e. The lowest BCUT2D eigenvalue weighted by Gasteiger charge is -2.15. The number of rotatable bonds is 12. The Morgan fingerprint density at radius 1 is 1.18 bits per heavy atom. The van der Waals surface area contributed by atoms with Crippen molar-refractivity contribution < 1.29 is 32.7 Å². The van der Waals surface area contributed by atoms with Crippen molar-refractivity contribution in [1.82, 2.24) is 5.48 Å². The van der Waals surface area contributed by atoms with Crippen molar-refractivity contribution in [2.75, 3.05) is 37.1 Å². The van der Waals surface area contributed by atoms with E-state index in [9.17, 15) is 18.0 Å². The maximum Gasteiger partial charge on any atom is 0.277 e. The Morgan fingerprint density at radius 2 is 1.91 bits per heavy atom. The third kappa shape index (κ3) is 8.88. The molecule has 0 atom stereocenters. The van der Waals surface area contributed by atoms with Gasteiger partial charge < -0.3 is 15.3 Å². The highest BCUT2D eigenvalue weighted by atomic mass is 32.2. The monoisotopic (exact) mass is 501 g/mol. The first-order valence-corrected chi connectivity index (χ1v) is 12.0. The SMILES string of the molecule is CC.CSCCCO/N=C/c1cc(C(=O)NOCCO)c(Nc2ccc(C)cc2F)c(F)c1F. The minimum absolute atomic E-state index is 0.155. The van der Waals surface area contributed by atoms with Gasteiger partial charge in [-0.15, -0.1) is 0 Å². The molecule has 3 N–H and O–H groups in total. The highest BCUT2D eigenvalue weighted by molar-refractivity contribution is 7.98. The van der Waals surface area contributed by atoms with Crippen molar-refractivity contribution in [2.24, 2.45) is 5.16 Å². The summed E-state index contributed by atoms with van der Waals surface area (Å²) >= 11 is 1.63. The lowest BCUT2D eigenvalue weighted by Crippen LogP contribution is -2.26. The molecular weight excluding hydrogens is 471 g/mol. The molecule has 0 unspecified atom stereocenters. The minimum atomic E-state index is -1.41. The quantitative estimate of drug-likeness (QED) is 0.217. The fourth-order valence-corrected chi connectivity index (χ4v) is 2.94. The van der Waals surface area contributed by atoms with E-state index >= 15 is 0 Å². The van der Waals surface area contributed by atoms with Crippen LogP contribution in [0.25, 0.3) is 0 Å². The Kier molecular flexibility index (Phi) is 13.7. The van der Waals surface area contributed by atoms with Crippen LogP contribution in [-0.2, 0) is 9.68 Å². The van der Waals surface area contributed by atoms with Gasteiger partial charge in [0.15, 0.2) is 11.6 Å². The average Bonchev–Trinajstić information content (AvgIpc) is 2.83. The molecule has 0 saturated heterocycles. The lowest BCUT2D eigenvalue weighted by molar-refractivity contribution is 0.0168. The molecule has 0 aliphatic rings. The zero-order valence-electron chi connectivity index (χ0n) is 19.6. The smallest absolute Gasteiger partial charge is 0.277 e. The van der Waals surface area contributed by atoms with Gasteiger partial charge in [0.2, 0.25) is 0 Å². The summed E-state index contributed by atoms with van der Waals surface area (Å²) in [5.74, 6) is -3.51. The number of aryl methyl sites for hydroxylation is 1. The van der Waals surface area contributed by atoms with Gasteiger partial charge in [0.25, 0.3) is 5.91 Å². The second kappa shape index (κ2) is 16.0. The van der Waals surface area contributed by atoms with Gasteiger partial charge in [0.05, 0.1) is 36.4 Å². The summed E-state index contributed by atoms with van der Waals surface area (Å²) in [6.07, 6.45) is 3.60. The molecule has 0 aliphatic carbocycles. The van der Waals surface area contributed by atoms with Crippen molar-refractivity contribution >= 4 is 35.3 Å². The lowest BCUT2D eigenvalue weighted by atomic mass is 10.1. The van der Waals surface area contributed by atoms with E-state index < -0.39 is 29.0 Å². The molecule has 0 bridgehead atoms. The van der Waals surface area contributed by atoms with Gasteiger partial charge in [-0.25, -0.2) is 18.7 Å². The molecule has 188 valence electrons. The number of anilines is 2. The molecule has 0 radical (unpaired) electrons. The van der Waals surface area contributed by atoms with E-state index in [-0.39, 0.29) is 36.6 Å². The Bertz CT molecular complexity index is 962. The van der Waals surface area contributed by atoms with Crippen molar-refractivity contribution in [2.45, 2.75) is 27.2 Å². The number of nitrogens with zero attached hydrogens (tertiary/aromatic N) is 1. The van der Waals surface area contributed by atoms with Crippen LogP contribution in [0.2, 0.25) is 0 Å². The van der Waals surface area contributed by atoms with Gasteiger partial charge in [-0.05, 0) is 49.1 Å². The molecule has 0 heterocycles. The number of hydrogen-bond donors (Lipinski definition) is 3. The molecule has 2 aromatic carbocycles. The standard InChI is InChI=1S/C21H24F3N3O4S.C2H6/c1-13-4-5-17(16(22)10-13)26-20-15(21(29)27-31-8-6-28)11-14(18(23)19(20)24)12-25-30-7-3-9-32-2;1-2/h4-5,10-12,26,28H,3,6-9H2,1-2H3,(H,27,29);1-2H3/b25-12+;. The number of benzene rings is 2. The van der Waals surface area contributed by atoms with Crippen LogP contribution in [0.1, 0.15) is 41.8 Å². The van der Waals surface area contributed by atoms with Crippen molar-refractivity contribution in [1.29, 1.82) is 0 Å². The summed E-state index contributed by atoms with van der Waals surface area (Å²) in [7, 11) is 0. The van der Waals surface area contributed by atoms with E-state index in [1.165, 1.54) is 12.1 Å². The third-order valence-electron chi connectivity index (χ3n) is 4.07. The molecule has 7 nitrogen and oxygen atoms in total. The first kappa shape index (κ1) is 29.3.